The van der Waals surface area contributed by atoms with Gasteiger partial charge in [-0.2, -0.15) is 5.26 Å². The number of nitriles is 1. The zero-order chi connectivity index (χ0) is 19.1. The number of carbonyl (C=O) groups is 1. The first-order valence-corrected chi connectivity index (χ1v) is 8.83. The molecular weight excluding hydrogens is 343 g/mol. The van der Waals surface area contributed by atoms with Crippen LogP contribution < -0.4 is 5.32 Å². The Labute approximate surface area is 158 Å². The fourth-order valence-corrected chi connectivity index (χ4v) is 2.96. The van der Waals surface area contributed by atoms with Crippen LogP contribution in [0.5, 0.6) is 0 Å². The number of benzene rings is 2. The molecule has 0 atom stereocenters. The normalized spacial score (nSPS) is 15.3. The molecule has 0 aliphatic carbocycles. The van der Waals surface area contributed by atoms with E-state index in [4.69, 9.17) is 0 Å². The van der Waals surface area contributed by atoms with Crippen LogP contribution in [-0.2, 0) is 11.3 Å². The van der Waals surface area contributed by atoms with Crippen LogP contribution in [0.4, 0.5) is 10.1 Å². The molecule has 0 spiro atoms. The van der Waals surface area contributed by atoms with E-state index in [1.54, 1.807) is 17.0 Å². The molecule has 1 amide bonds. The zero-order valence-electron chi connectivity index (χ0n) is 14.9. The van der Waals surface area contributed by atoms with Crippen LogP contribution in [0.1, 0.15) is 5.56 Å². The summed E-state index contributed by atoms with van der Waals surface area (Å²) >= 11 is 0. The number of hydrogen-bond acceptors (Lipinski definition) is 4. The fraction of sp³-hybridized carbons (Fsp3) is 0.238. The van der Waals surface area contributed by atoms with E-state index in [1.807, 2.05) is 24.3 Å². The number of piperazine rings is 1. The smallest absolute Gasteiger partial charge is 0.266 e. The van der Waals surface area contributed by atoms with Crippen LogP contribution in [0.25, 0.3) is 0 Å². The molecule has 2 aromatic carbocycles. The lowest BCUT2D eigenvalue weighted by atomic mass is 10.2. The number of anilines is 1. The molecule has 1 fully saturated rings. The predicted molar refractivity (Wildman–Crippen MR) is 102 cm³/mol. The van der Waals surface area contributed by atoms with E-state index < -0.39 is 0 Å². The van der Waals surface area contributed by atoms with Gasteiger partial charge in [-0.25, -0.2) is 4.39 Å². The van der Waals surface area contributed by atoms with E-state index >= 15 is 0 Å². The highest BCUT2D eigenvalue weighted by Gasteiger charge is 2.23. The average Bonchev–Trinajstić information content (AvgIpc) is 2.71. The summed E-state index contributed by atoms with van der Waals surface area (Å²) in [7, 11) is 0. The first kappa shape index (κ1) is 18.6. The van der Waals surface area contributed by atoms with Gasteiger partial charge in [-0.15, -0.1) is 0 Å². The number of hydrogen-bond donors (Lipinski definition) is 1. The zero-order valence-corrected chi connectivity index (χ0v) is 14.9. The number of halogens is 1. The third kappa shape index (κ3) is 5.16. The second-order valence-electron chi connectivity index (χ2n) is 6.37. The van der Waals surface area contributed by atoms with Gasteiger partial charge in [0.25, 0.3) is 5.91 Å². The molecule has 1 aliphatic rings. The summed E-state index contributed by atoms with van der Waals surface area (Å²) in [5.74, 6) is -0.624. The molecule has 0 unspecified atom stereocenters. The van der Waals surface area contributed by atoms with Crippen molar-refractivity contribution in [3.63, 3.8) is 0 Å². The standard InChI is InChI=1S/C21H21FN4O/c22-19-6-8-20(9-7-19)24-15-18(14-23)21(27)26-12-10-25(11-13-26)16-17-4-2-1-3-5-17/h1-9,15,24H,10-13,16H2/b18-15-. The molecule has 5 nitrogen and oxygen atoms in total. The minimum absolute atomic E-state index is 0.0378. The number of nitrogens with one attached hydrogen (secondary N) is 1. The van der Waals surface area contributed by atoms with Gasteiger partial charge in [0.2, 0.25) is 0 Å². The Balaban J connectivity index is 1.54. The van der Waals surface area contributed by atoms with E-state index in [9.17, 15) is 14.4 Å². The second-order valence-corrected chi connectivity index (χ2v) is 6.37. The first-order chi connectivity index (χ1) is 13.2. The fourth-order valence-electron chi connectivity index (χ4n) is 2.96. The molecule has 1 saturated heterocycles. The highest BCUT2D eigenvalue weighted by atomic mass is 19.1. The number of amides is 1. The quantitative estimate of drug-likeness (QED) is 0.655. The van der Waals surface area contributed by atoms with Crippen molar-refractivity contribution < 1.29 is 9.18 Å². The monoisotopic (exact) mass is 364 g/mol. The maximum atomic E-state index is 12.9. The van der Waals surface area contributed by atoms with Gasteiger partial charge >= 0.3 is 0 Å². The summed E-state index contributed by atoms with van der Waals surface area (Å²) in [5, 5.41) is 12.2. The van der Waals surface area contributed by atoms with E-state index in [1.165, 1.54) is 23.9 Å². The largest absolute Gasteiger partial charge is 0.360 e. The summed E-state index contributed by atoms with van der Waals surface area (Å²) in [4.78, 5) is 16.6. The van der Waals surface area contributed by atoms with Crippen molar-refractivity contribution in [3.05, 3.63) is 77.8 Å². The van der Waals surface area contributed by atoms with Crippen LogP contribution in [-0.4, -0.2) is 41.9 Å². The number of carbonyl (C=O) groups excluding carboxylic acids is 1. The predicted octanol–water partition coefficient (Wildman–Crippen LogP) is 2.99. The van der Waals surface area contributed by atoms with Crippen LogP contribution in [0.15, 0.2) is 66.4 Å². The Hall–Kier alpha value is -3.17. The van der Waals surface area contributed by atoms with Crippen molar-refractivity contribution >= 4 is 11.6 Å². The summed E-state index contributed by atoms with van der Waals surface area (Å²) < 4.78 is 12.9. The minimum Gasteiger partial charge on any atom is -0.360 e. The van der Waals surface area contributed by atoms with Crippen molar-refractivity contribution in [1.82, 2.24) is 9.80 Å². The van der Waals surface area contributed by atoms with Crippen molar-refractivity contribution in [2.75, 3.05) is 31.5 Å². The van der Waals surface area contributed by atoms with Gasteiger partial charge in [0.1, 0.15) is 17.5 Å². The topological polar surface area (TPSA) is 59.4 Å². The molecule has 0 aromatic heterocycles. The van der Waals surface area contributed by atoms with E-state index in [0.29, 0.717) is 18.8 Å². The van der Waals surface area contributed by atoms with Crippen molar-refractivity contribution in [2.45, 2.75) is 6.54 Å². The lowest BCUT2D eigenvalue weighted by molar-refractivity contribution is -0.128. The Morgan fingerprint density at radius 1 is 1.07 bits per heavy atom. The van der Waals surface area contributed by atoms with Crippen molar-refractivity contribution in [2.24, 2.45) is 0 Å². The molecule has 1 heterocycles. The third-order valence-corrected chi connectivity index (χ3v) is 4.49. The van der Waals surface area contributed by atoms with Gasteiger partial charge < -0.3 is 10.2 Å². The van der Waals surface area contributed by atoms with Gasteiger partial charge in [0, 0.05) is 44.6 Å². The van der Waals surface area contributed by atoms with Crippen LogP contribution in [0.3, 0.4) is 0 Å². The van der Waals surface area contributed by atoms with Crippen molar-refractivity contribution in [3.8, 4) is 6.07 Å². The van der Waals surface area contributed by atoms with Crippen LogP contribution in [0, 0.1) is 17.1 Å². The molecule has 138 valence electrons. The third-order valence-electron chi connectivity index (χ3n) is 4.49. The highest BCUT2D eigenvalue weighted by molar-refractivity contribution is 5.97. The molecule has 2 aromatic rings. The molecular formula is C21H21FN4O. The van der Waals surface area contributed by atoms with E-state index in [0.717, 1.165) is 19.6 Å². The summed E-state index contributed by atoms with van der Waals surface area (Å²) in [5.41, 5.74) is 1.90. The Morgan fingerprint density at radius 3 is 2.37 bits per heavy atom. The molecule has 27 heavy (non-hydrogen) atoms. The minimum atomic E-state index is -0.338. The molecule has 1 aliphatic heterocycles. The van der Waals surface area contributed by atoms with Gasteiger partial charge in [-0.3, -0.25) is 9.69 Å². The summed E-state index contributed by atoms with van der Waals surface area (Å²) in [6.07, 6.45) is 1.38. The highest BCUT2D eigenvalue weighted by Crippen LogP contribution is 2.12. The molecule has 0 bridgehead atoms. The lowest BCUT2D eigenvalue weighted by Crippen LogP contribution is -2.48. The maximum Gasteiger partial charge on any atom is 0.266 e. The van der Waals surface area contributed by atoms with Gasteiger partial charge in [0.05, 0.1) is 0 Å². The van der Waals surface area contributed by atoms with Gasteiger partial charge in [0.15, 0.2) is 0 Å². The van der Waals surface area contributed by atoms with Crippen molar-refractivity contribution in [1.29, 1.82) is 5.26 Å². The molecule has 0 radical (unpaired) electrons. The number of nitrogens with zero attached hydrogens (tertiary/aromatic N) is 3. The van der Waals surface area contributed by atoms with Crippen LogP contribution >= 0.6 is 0 Å². The van der Waals surface area contributed by atoms with Gasteiger partial charge in [-0.1, -0.05) is 30.3 Å². The summed E-state index contributed by atoms with van der Waals surface area (Å²) in [6, 6.07) is 17.9. The molecule has 3 rings (SSSR count). The maximum absolute atomic E-state index is 12.9. The van der Waals surface area contributed by atoms with Crippen LogP contribution in [0.2, 0.25) is 0 Å². The number of rotatable bonds is 5. The Bertz CT molecular complexity index is 835. The summed E-state index contributed by atoms with van der Waals surface area (Å²) in [6.45, 7) is 3.56. The first-order valence-electron chi connectivity index (χ1n) is 8.83. The molecule has 1 N–H and O–H groups in total. The SMILES string of the molecule is N#C/C(=C/Nc1ccc(F)cc1)C(=O)N1CCN(Cc2ccccc2)CC1. The molecule has 0 saturated carbocycles. The Kier molecular flexibility index (Phi) is 6.18. The lowest BCUT2D eigenvalue weighted by Gasteiger charge is -2.34. The molecule has 6 heteroatoms. The average molecular weight is 364 g/mol. The van der Waals surface area contributed by atoms with E-state index in [2.05, 4.69) is 22.3 Å². The van der Waals surface area contributed by atoms with E-state index in [-0.39, 0.29) is 17.3 Å². The Morgan fingerprint density at radius 2 is 1.74 bits per heavy atom. The second kappa shape index (κ2) is 8.97. The van der Waals surface area contributed by atoms with Gasteiger partial charge in [-0.05, 0) is 29.8 Å².